The number of fused-ring (bicyclic) bond motifs is 2. The summed E-state index contributed by atoms with van der Waals surface area (Å²) in [6.07, 6.45) is 0. The average Bonchev–Trinajstić information content (AvgIpc) is 3.10. The van der Waals surface area contributed by atoms with Crippen molar-refractivity contribution in [3.05, 3.63) is 58.7 Å². The lowest BCUT2D eigenvalue weighted by atomic mass is 9.99. The molecule has 0 saturated carbocycles. The fourth-order valence-corrected chi connectivity index (χ4v) is 4.47. The highest BCUT2D eigenvalue weighted by Crippen LogP contribution is 2.27. The van der Waals surface area contributed by atoms with Crippen LogP contribution in [0, 0.1) is 0 Å². The van der Waals surface area contributed by atoms with E-state index in [2.05, 4.69) is 76.4 Å². The number of amides is 2. The molecule has 0 fully saturated rings. The summed E-state index contributed by atoms with van der Waals surface area (Å²) in [4.78, 5) is 28.5. The van der Waals surface area contributed by atoms with Gasteiger partial charge < -0.3 is 20.4 Å². The molecule has 0 atom stereocenters. The summed E-state index contributed by atoms with van der Waals surface area (Å²) in [5.41, 5.74) is 6.10. The molecule has 0 aromatic heterocycles. The first kappa shape index (κ1) is 26.6. The van der Waals surface area contributed by atoms with Gasteiger partial charge in [-0.3, -0.25) is 9.59 Å². The van der Waals surface area contributed by atoms with Crippen LogP contribution in [0.2, 0.25) is 0 Å². The summed E-state index contributed by atoms with van der Waals surface area (Å²) in [7, 11) is 0. The molecular weight excluding hydrogens is 436 g/mol. The molecule has 2 aliphatic rings. The van der Waals surface area contributed by atoms with Crippen LogP contribution >= 0.6 is 0 Å². The van der Waals surface area contributed by atoms with Crippen LogP contribution in [0.3, 0.4) is 0 Å². The number of anilines is 2. The predicted octanol–water partition coefficient (Wildman–Crippen LogP) is 5.78. The van der Waals surface area contributed by atoms with Crippen molar-refractivity contribution in [2.45, 2.75) is 66.3 Å². The lowest BCUT2D eigenvalue weighted by Crippen LogP contribution is -2.38. The summed E-state index contributed by atoms with van der Waals surface area (Å²) in [5, 5.41) is 6.73. The van der Waals surface area contributed by atoms with E-state index < -0.39 is 0 Å². The molecule has 2 aromatic rings. The highest BCUT2D eigenvalue weighted by Gasteiger charge is 2.24. The van der Waals surface area contributed by atoms with Gasteiger partial charge in [-0.15, -0.1) is 0 Å². The van der Waals surface area contributed by atoms with Gasteiger partial charge in [-0.2, -0.15) is 0 Å². The number of hydrogen-bond donors (Lipinski definition) is 2. The van der Waals surface area contributed by atoms with E-state index in [-0.39, 0.29) is 17.9 Å². The van der Waals surface area contributed by atoms with Crippen LogP contribution in [-0.2, 0) is 0 Å². The standard InChI is InChI=1S/C15H22N2O.C14H20N2O/c1-10(2)12-5-6-13-14(9-12)16-7-8-17(11(3)4)15(13)18;1-4-16-8-7-15-13-9-11(10(2)3)5-6-12(13)14(16)17/h5-6,9-11,16H,7-8H2,1-4H3;5-6,9-10,15H,4,7-8H2,1-3H3. The van der Waals surface area contributed by atoms with Gasteiger partial charge in [0.2, 0.25) is 0 Å². The number of rotatable bonds is 4. The van der Waals surface area contributed by atoms with E-state index in [0.29, 0.717) is 11.8 Å². The molecule has 2 amide bonds. The van der Waals surface area contributed by atoms with E-state index >= 15 is 0 Å². The third kappa shape index (κ3) is 6.16. The van der Waals surface area contributed by atoms with Crippen LogP contribution in [-0.4, -0.2) is 60.4 Å². The minimum absolute atomic E-state index is 0.139. The second-order valence-electron chi connectivity index (χ2n) is 10.3. The van der Waals surface area contributed by atoms with E-state index in [1.807, 2.05) is 28.9 Å². The quantitative estimate of drug-likeness (QED) is 0.584. The Morgan fingerprint density at radius 1 is 0.743 bits per heavy atom. The van der Waals surface area contributed by atoms with Crippen molar-refractivity contribution in [1.82, 2.24) is 9.80 Å². The summed E-state index contributed by atoms with van der Waals surface area (Å²) in [6.45, 7) is 18.8. The lowest BCUT2D eigenvalue weighted by Gasteiger charge is -2.24. The summed E-state index contributed by atoms with van der Waals surface area (Å²) in [5.74, 6) is 1.25. The van der Waals surface area contributed by atoms with E-state index in [1.165, 1.54) is 11.1 Å². The van der Waals surface area contributed by atoms with Crippen molar-refractivity contribution >= 4 is 23.2 Å². The Bertz CT molecular complexity index is 1040. The largest absolute Gasteiger partial charge is 0.383 e. The maximum atomic E-state index is 12.4. The van der Waals surface area contributed by atoms with Crippen LogP contribution in [0.1, 0.15) is 92.1 Å². The molecule has 0 unspecified atom stereocenters. The summed E-state index contributed by atoms with van der Waals surface area (Å²) < 4.78 is 0. The predicted molar refractivity (Wildman–Crippen MR) is 146 cm³/mol. The van der Waals surface area contributed by atoms with Gasteiger partial charge in [0.1, 0.15) is 0 Å². The van der Waals surface area contributed by atoms with Crippen molar-refractivity contribution in [3.63, 3.8) is 0 Å². The minimum Gasteiger partial charge on any atom is -0.383 e. The molecule has 2 heterocycles. The van der Waals surface area contributed by atoms with Crippen LogP contribution in [0.4, 0.5) is 11.4 Å². The number of nitrogens with one attached hydrogen (secondary N) is 2. The average molecular weight is 479 g/mol. The second kappa shape index (κ2) is 11.6. The highest BCUT2D eigenvalue weighted by atomic mass is 16.2. The first-order chi connectivity index (χ1) is 16.6. The molecule has 0 aliphatic carbocycles. The van der Waals surface area contributed by atoms with Crippen molar-refractivity contribution in [1.29, 1.82) is 0 Å². The minimum atomic E-state index is 0.139. The summed E-state index contributed by atoms with van der Waals surface area (Å²) >= 11 is 0. The molecule has 0 spiro atoms. The molecular formula is C29H42N4O2. The molecule has 35 heavy (non-hydrogen) atoms. The number of carbonyl (C=O) groups is 2. The zero-order valence-electron chi connectivity index (χ0n) is 22.4. The highest BCUT2D eigenvalue weighted by molar-refractivity contribution is 6.01. The molecule has 2 aromatic carbocycles. The van der Waals surface area contributed by atoms with E-state index in [1.54, 1.807) is 0 Å². The molecule has 4 rings (SSSR count). The molecule has 190 valence electrons. The first-order valence-electron chi connectivity index (χ1n) is 13.0. The normalized spacial score (nSPS) is 15.6. The van der Waals surface area contributed by atoms with Gasteiger partial charge in [-0.1, -0.05) is 39.8 Å². The third-order valence-corrected chi connectivity index (χ3v) is 6.80. The molecule has 6 heteroatoms. The van der Waals surface area contributed by atoms with Crippen molar-refractivity contribution in [3.8, 4) is 0 Å². The number of nitrogens with zero attached hydrogens (tertiary/aromatic N) is 2. The molecule has 0 radical (unpaired) electrons. The smallest absolute Gasteiger partial charge is 0.256 e. The van der Waals surface area contributed by atoms with Crippen molar-refractivity contribution < 1.29 is 9.59 Å². The van der Waals surface area contributed by atoms with Crippen LogP contribution < -0.4 is 10.6 Å². The van der Waals surface area contributed by atoms with Crippen molar-refractivity contribution in [2.24, 2.45) is 0 Å². The maximum Gasteiger partial charge on any atom is 0.256 e. The number of carbonyl (C=O) groups excluding carboxylic acids is 2. The van der Waals surface area contributed by atoms with Crippen LogP contribution in [0.25, 0.3) is 0 Å². The van der Waals surface area contributed by atoms with Gasteiger partial charge >= 0.3 is 0 Å². The maximum absolute atomic E-state index is 12.4. The SMILES string of the molecule is CC(C)c1ccc2c(c1)NCCN(C(C)C)C2=O.CCN1CCNc2cc(C(C)C)ccc2C1=O. The Labute approximate surface area is 211 Å². The first-order valence-corrected chi connectivity index (χ1v) is 13.0. The summed E-state index contributed by atoms with van der Waals surface area (Å²) in [6, 6.07) is 12.5. The molecule has 6 nitrogen and oxygen atoms in total. The topological polar surface area (TPSA) is 64.7 Å². The lowest BCUT2D eigenvalue weighted by molar-refractivity contribution is 0.0719. The Morgan fingerprint density at radius 2 is 1.23 bits per heavy atom. The van der Waals surface area contributed by atoms with Gasteiger partial charge in [0.15, 0.2) is 0 Å². The zero-order valence-corrected chi connectivity index (χ0v) is 22.4. The molecule has 2 N–H and O–H groups in total. The zero-order chi connectivity index (χ0) is 25.7. The Balaban J connectivity index is 0.000000196. The second-order valence-corrected chi connectivity index (χ2v) is 10.3. The Hall–Kier alpha value is -3.02. The van der Waals surface area contributed by atoms with Gasteiger partial charge in [0.25, 0.3) is 11.8 Å². The Morgan fingerprint density at radius 3 is 1.69 bits per heavy atom. The third-order valence-electron chi connectivity index (χ3n) is 6.80. The fraction of sp³-hybridized carbons (Fsp3) is 0.517. The fourth-order valence-electron chi connectivity index (χ4n) is 4.47. The number of benzene rings is 2. The van der Waals surface area contributed by atoms with Crippen LogP contribution in [0.5, 0.6) is 0 Å². The van der Waals surface area contributed by atoms with E-state index in [4.69, 9.17) is 0 Å². The monoisotopic (exact) mass is 478 g/mol. The van der Waals surface area contributed by atoms with Gasteiger partial charge in [-0.25, -0.2) is 0 Å². The van der Waals surface area contributed by atoms with Crippen molar-refractivity contribution in [2.75, 3.05) is 43.4 Å². The van der Waals surface area contributed by atoms with Gasteiger partial charge in [0, 0.05) is 50.1 Å². The number of likely N-dealkylation sites (N-methyl/N-ethyl adjacent to an activating group) is 1. The van der Waals surface area contributed by atoms with E-state index in [0.717, 1.165) is 55.2 Å². The Kier molecular flexibility index (Phi) is 8.82. The van der Waals surface area contributed by atoms with Crippen LogP contribution in [0.15, 0.2) is 36.4 Å². The van der Waals surface area contributed by atoms with Gasteiger partial charge in [0.05, 0.1) is 11.1 Å². The molecule has 0 saturated heterocycles. The van der Waals surface area contributed by atoms with E-state index in [9.17, 15) is 9.59 Å². The molecule has 2 aliphatic heterocycles. The molecule has 0 bridgehead atoms. The number of hydrogen-bond acceptors (Lipinski definition) is 4. The van der Waals surface area contributed by atoms with Gasteiger partial charge in [-0.05, 0) is 68.0 Å².